The SMILES string of the molecule is COCc1cc(C(C)NC2CCOC2C)ccc1OC. The molecule has 4 heteroatoms. The summed E-state index contributed by atoms with van der Waals surface area (Å²) in [6, 6.07) is 6.98. The van der Waals surface area contributed by atoms with Crippen LogP contribution in [0.25, 0.3) is 0 Å². The molecule has 1 fully saturated rings. The molecule has 1 heterocycles. The summed E-state index contributed by atoms with van der Waals surface area (Å²) in [6.07, 6.45) is 1.36. The highest BCUT2D eigenvalue weighted by Gasteiger charge is 2.25. The van der Waals surface area contributed by atoms with Crippen LogP contribution >= 0.6 is 0 Å². The van der Waals surface area contributed by atoms with Gasteiger partial charge in [-0.3, -0.25) is 0 Å². The summed E-state index contributed by atoms with van der Waals surface area (Å²) < 4.78 is 16.2. The van der Waals surface area contributed by atoms with Crippen LogP contribution in [0.3, 0.4) is 0 Å². The molecule has 0 saturated carbocycles. The van der Waals surface area contributed by atoms with E-state index in [1.807, 2.05) is 6.07 Å². The molecule has 1 aliphatic rings. The first-order valence-electron chi connectivity index (χ1n) is 7.19. The number of hydrogen-bond acceptors (Lipinski definition) is 4. The minimum Gasteiger partial charge on any atom is -0.496 e. The van der Waals surface area contributed by atoms with Gasteiger partial charge in [0, 0.05) is 31.4 Å². The Labute approximate surface area is 121 Å². The van der Waals surface area contributed by atoms with Gasteiger partial charge >= 0.3 is 0 Å². The Bertz CT molecular complexity index is 436. The van der Waals surface area contributed by atoms with E-state index in [9.17, 15) is 0 Å². The third-order valence-corrected chi connectivity index (χ3v) is 3.94. The largest absolute Gasteiger partial charge is 0.496 e. The maximum absolute atomic E-state index is 5.60. The van der Waals surface area contributed by atoms with E-state index in [0.29, 0.717) is 12.6 Å². The van der Waals surface area contributed by atoms with Crippen molar-refractivity contribution < 1.29 is 14.2 Å². The molecule has 2 rings (SSSR count). The predicted molar refractivity (Wildman–Crippen MR) is 79.1 cm³/mol. The second kappa shape index (κ2) is 7.07. The molecule has 0 radical (unpaired) electrons. The van der Waals surface area contributed by atoms with Gasteiger partial charge in [-0.2, -0.15) is 0 Å². The zero-order valence-corrected chi connectivity index (χ0v) is 12.8. The molecule has 0 bridgehead atoms. The topological polar surface area (TPSA) is 39.7 Å². The lowest BCUT2D eigenvalue weighted by Gasteiger charge is -2.23. The van der Waals surface area contributed by atoms with Gasteiger partial charge in [-0.05, 0) is 38.0 Å². The molecule has 1 aliphatic heterocycles. The molecule has 1 N–H and O–H groups in total. The summed E-state index contributed by atoms with van der Waals surface area (Å²) in [5.41, 5.74) is 2.33. The van der Waals surface area contributed by atoms with E-state index in [1.54, 1.807) is 14.2 Å². The second-order valence-electron chi connectivity index (χ2n) is 5.36. The Morgan fingerprint density at radius 3 is 2.80 bits per heavy atom. The molecular weight excluding hydrogens is 254 g/mol. The van der Waals surface area contributed by atoms with Crippen LogP contribution in [-0.4, -0.2) is 33.0 Å². The number of methoxy groups -OCH3 is 2. The highest BCUT2D eigenvalue weighted by atomic mass is 16.5. The number of rotatable bonds is 6. The zero-order chi connectivity index (χ0) is 14.5. The van der Waals surface area contributed by atoms with E-state index in [1.165, 1.54) is 5.56 Å². The minimum absolute atomic E-state index is 0.283. The maximum Gasteiger partial charge on any atom is 0.124 e. The lowest BCUT2D eigenvalue weighted by molar-refractivity contribution is 0.111. The molecule has 20 heavy (non-hydrogen) atoms. The van der Waals surface area contributed by atoms with Crippen molar-refractivity contribution in [1.29, 1.82) is 0 Å². The molecule has 1 aromatic rings. The van der Waals surface area contributed by atoms with Crippen molar-refractivity contribution >= 4 is 0 Å². The molecule has 0 aromatic heterocycles. The Morgan fingerprint density at radius 2 is 2.20 bits per heavy atom. The lowest BCUT2D eigenvalue weighted by Crippen LogP contribution is -2.36. The zero-order valence-electron chi connectivity index (χ0n) is 12.8. The lowest BCUT2D eigenvalue weighted by atomic mass is 10.0. The van der Waals surface area contributed by atoms with Crippen molar-refractivity contribution in [1.82, 2.24) is 5.32 Å². The van der Waals surface area contributed by atoms with E-state index < -0.39 is 0 Å². The predicted octanol–water partition coefficient (Wildman–Crippen LogP) is 2.67. The van der Waals surface area contributed by atoms with Gasteiger partial charge in [-0.15, -0.1) is 0 Å². The monoisotopic (exact) mass is 279 g/mol. The first-order chi connectivity index (χ1) is 9.65. The van der Waals surface area contributed by atoms with Crippen LogP contribution in [0.2, 0.25) is 0 Å². The molecular formula is C16H25NO3. The van der Waals surface area contributed by atoms with Crippen LogP contribution in [-0.2, 0) is 16.1 Å². The summed E-state index contributed by atoms with van der Waals surface area (Å²) in [4.78, 5) is 0. The van der Waals surface area contributed by atoms with E-state index in [0.717, 1.165) is 24.3 Å². The van der Waals surface area contributed by atoms with Crippen LogP contribution < -0.4 is 10.1 Å². The molecule has 0 aliphatic carbocycles. The molecule has 3 atom stereocenters. The fourth-order valence-electron chi connectivity index (χ4n) is 2.70. The van der Waals surface area contributed by atoms with Crippen LogP contribution in [0.4, 0.5) is 0 Å². The molecule has 0 amide bonds. The Balaban J connectivity index is 2.08. The minimum atomic E-state index is 0.283. The van der Waals surface area contributed by atoms with Crippen molar-refractivity contribution in [3.05, 3.63) is 29.3 Å². The summed E-state index contributed by atoms with van der Waals surface area (Å²) in [5, 5.41) is 3.65. The van der Waals surface area contributed by atoms with Crippen molar-refractivity contribution in [3.8, 4) is 5.75 Å². The Morgan fingerprint density at radius 1 is 1.40 bits per heavy atom. The first-order valence-corrected chi connectivity index (χ1v) is 7.19. The third kappa shape index (κ3) is 3.51. The average Bonchev–Trinajstić information content (AvgIpc) is 2.84. The van der Waals surface area contributed by atoms with E-state index in [2.05, 4.69) is 31.3 Å². The van der Waals surface area contributed by atoms with Gasteiger partial charge in [0.1, 0.15) is 5.75 Å². The second-order valence-corrected chi connectivity index (χ2v) is 5.36. The summed E-state index contributed by atoms with van der Waals surface area (Å²) in [5.74, 6) is 0.875. The fourth-order valence-corrected chi connectivity index (χ4v) is 2.70. The summed E-state index contributed by atoms with van der Waals surface area (Å²) >= 11 is 0. The highest BCUT2D eigenvalue weighted by Crippen LogP contribution is 2.25. The van der Waals surface area contributed by atoms with Gasteiger partial charge in [-0.25, -0.2) is 0 Å². The number of nitrogens with one attached hydrogen (secondary N) is 1. The molecule has 0 spiro atoms. The Kier molecular flexibility index (Phi) is 5.40. The molecule has 112 valence electrons. The van der Waals surface area contributed by atoms with Crippen molar-refractivity contribution in [2.24, 2.45) is 0 Å². The van der Waals surface area contributed by atoms with Crippen molar-refractivity contribution in [2.75, 3.05) is 20.8 Å². The molecule has 1 aromatic carbocycles. The highest BCUT2D eigenvalue weighted by molar-refractivity contribution is 5.38. The van der Waals surface area contributed by atoms with E-state index in [-0.39, 0.29) is 12.1 Å². The number of benzene rings is 1. The number of ether oxygens (including phenoxy) is 3. The van der Waals surface area contributed by atoms with Crippen molar-refractivity contribution in [3.63, 3.8) is 0 Å². The first kappa shape index (κ1) is 15.3. The smallest absolute Gasteiger partial charge is 0.124 e. The van der Waals surface area contributed by atoms with Crippen LogP contribution in [0.1, 0.15) is 37.4 Å². The van der Waals surface area contributed by atoms with E-state index in [4.69, 9.17) is 14.2 Å². The van der Waals surface area contributed by atoms with Gasteiger partial charge in [0.25, 0.3) is 0 Å². The maximum atomic E-state index is 5.60. The third-order valence-electron chi connectivity index (χ3n) is 3.94. The molecule has 1 saturated heterocycles. The average molecular weight is 279 g/mol. The van der Waals surface area contributed by atoms with Gasteiger partial charge in [-0.1, -0.05) is 6.07 Å². The summed E-state index contributed by atoms with van der Waals surface area (Å²) in [7, 11) is 3.39. The molecule has 3 unspecified atom stereocenters. The normalized spacial score (nSPS) is 23.8. The van der Waals surface area contributed by atoms with E-state index >= 15 is 0 Å². The molecule has 4 nitrogen and oxygen atoms in total. The Hall–Kier alpha value is -1.10. The fraction of sp³-hybridized carbons (Fsp3) is 0.625. The van der Waals surface area contributed by atoms with Crippen LogP contribution in [0.15, 0.2) is 18.2 Å². The van der Waals surface area contributed by atoms with Crippen LogP contribution in [0, 0.1) is 0 Å². The van der Waals surface area contributed by atoms with Crippen molar-refractivity contribution in [2.45, 2.75) is 45.1 Å². The number of hydrogen-bond donors (Lipinski definition) is 1. The standard InChI is InChI=1S/C16H25NO3/c1-11(17-15-7-8-20-12(15)2)13-5-6-16(19-4)14(9-13)10-18-3/h5-6,9,11-12,15,17H,7-8,10H2,1-4H3. The summed E-state index contributed by atoms with van der Waals surface area (Å²) in [6.45, 7) is 5.72. The van der Waals surface area contributed by atoms with Gasteiger partial charge in [0.05, 0.1) is 19.8 Å². The van der Waals surface area contributed by atoms with Crippen LogP contribution in [0.5, 0.6) is 5.75 Å². The van der Waals surface area contributed by atoms with Gasteiger partial charge in [0.2, 0.25) is 0 Å². The van der Waals surface area contributed by atoms with Gasteiger partial charge in [0.15, 0.2) is 0 Å². The quantitative estimate of drug-likeness (QED) is 0.869. The van der Waals surface area contributed by atoms with Gasteiger partial charge < -0.3 is 19.5 Å².